The molecule has 0 fully saturated rings. The highest BCUT2D eigenvalue weighted by Gasteiger charge is 2.16. The molecule has 126 valence electrons. The van der Waals surface area contributed by atoms with Gasteiger partial charge in [0.2, 0.25) is 5.76 Å². The van der Waals surface area contributed by atoms with E-state index in [4.69, 9.17) is 4.42 Å². The third-order valence-electron chi connectivity index (χ3n) is 4.20. The average molecular weight is 336 g/mol. The number of esters is 1. The maximum Gasteiger partial charge on any atom is 0.373 e. The number of fused-ring (bicyclic) bond motifs is 1. The van der Waals surface area contributed by atoms with Crippen molar-refractivity contribution in [2.75, 3.05) is 7.11 Å². The fourth-order valence-electron chi connectivity index (χ4n) is 2.98. The largest absolute Gasteiger partial charge is 0.463 e. The van der Waals surface area contributed by atoms with Crippen LogP contribution in [0, 0.1) is 13.8 Å². The summed E-state index contributed by atoms with van der Waals surface area (Å²) in [6, 6.07) is 7.22. The molecule has 0 aliphatic heterocycles. The van der Waals surface area contributed by atoms with Gasteiger partial charge in [-0.25, -0.2) is 9.31 Å². The molecule has 0 aliphatic rings. The van der Waals surface area contributed by atoms with Gasteiger partial charge in [0.05, 0.1) is 24.5 Å². The van der Waals surface area contributed by atoms with E-state index in [9.17, 15) is 4.79 Å². The van der Waals surface area contributed by atoms with Crippen LogP contribution in [-0.4, -0.2) is 32.9 Å². The molecule has 0 saturated carbocycles. The fourth-order valence-corrected chi connectivity index (χ4v) is 2.98. The Hall–Kier alpha value is -3.35. The number of hydrogen-bond donors (Lipinski definition) is 1. The maximum absolute atomic E-state index is 11.6. The van der Waals surface area contributed by atoms with Crippen LogP contribution in [0.15, 0.2) is 41.1 Å². The minimum Gasteiger partial charge on any atom is -0.463 e. The van der Waals surface area contributed by atoms with E-state index >= 15 is 0 Å². The normalized spacial score (nSPS) is 11.2. The molecular formula is C18H16N4O3. The number of carbonyl (C=O) groups is 1. The summed E-state index contributed by atoms with van der Waals surface area (Å²) in [7, 11) is 1.32. The molecule has 4 rings (SSSR count). The lowest BCUT2D eigenvalue weighted by atomic mass is 10.0. The standard InChI is InChI=1S/C18H16N4O3/c1-10-17(11(2)21-20-10)13-9-19-22-7-6-12(8-14(13)22)15-4-5-16(25-15)18(23)24-3/h4-9H,1-3H3,(H,20,21). The zero-order valence-corrected chi connectivity index (χ0v) is 14.0. The topological polar surface area (TPSA) is 85.4 Å². The minimum absolute atomic E-state index is 0.174. The molecule has 1 N–H and O–H groups in total. The Labute approximate surface area is 143 Å². The summed E-state index contributed by atoms with van der Waals surface area (Å²) >= 11 is 0. The third-order valence-corrected chi connectivity index (χ3v) is 4.20. The van der Waals surface area contributed by atoms with Crippen molar-refractivity contribution in [1.29, 1.82) is 0 Å². The first-order valence-electron chi connectivity index (χ1n) is 7.76. The van der Waals surface area contributed by atoms with Crippen LogP contribution in [0.25, 0.3) is 28.0 Å². The van der Waals surface area contributed by atoms with E-state index in [0.717, 1.165) is 33.6 Å². The molecule has 0 radical (unpaired) electrons. The Kier molecular flexibility index (Phi) is 3.42. The molecule has 0 saturated heterocycles. The van der Waals surface area contributed by atoms with Gasteiger partial charge in [-0.05, 0) is 38.1 Å². The van der Waals surface area contributed by atoms with E-state index in [1.54, 1.807) is 16.6 Å². The molecule has 0 atom stereocenters. The molecule has 0 amide bonds. The van der Waals surface area contributed by atoms with Gasteiger partial charge in [-0.2, -0.15) is 10.2 Å². The number of carbonyl (C=O) groups excluding carboxylic acids is 1. The van der Waals surface area contributed by atoms with E-state index < -0.39 is 5.97 Å². The zero-order chi connectivity index (χ0) is 17.6. The number of H-pyrrole nitrogens is 1. The Morgan fingerprint density at radius 1 is 1.28 bits per heavy atom. The van der Waals surface area contributed by atoms with Crippen LogP contribution in [0.2, 0.25) is 0 Å². The number of rotatable bonds is 3. The second-order valence-electron chi connectivity index (χ2n) is 5.77. The number of nitrogens with one attached hydrogen (secondary N) is 1. The molecule has 4 aromatic heterocycles. The van der Waals surface area contributed by atoms with Gasteiger partial charge in [-0.1, -0.05) is 0 Å². The molecule has 7 heteroatoms. The lowest BCUT2D eigenvalue weighted by Gasteiger charge is -2.02. The van der Waals surface area contributed by atoms with Crippen molar-refractivity contribution in [3.63, 3.8) is 0 Å². The molecule has 0 aromatic carbocycles. The molecule has 0 unspecified atom stereocenters. The highest BCUT2D eigenvalue weighted by molar-refractivity contribution is 5.88. The Morgan fingerprint density at radius 2 is 2.12 bits per heavy atom. The van der Waals surface area contributed by atoms with Gasteiger partial charge < -0.3 is 9.15 Å². The van der Waals surface area contributed by atoms with Gasteiger partial charge in [0, 0.05) is 28.6 Å². The second kappa shape index (κ2) is 5.62. The van der Waals surface area contributed by atoms with Crippen molar-refractivity contribution in [3.8, 4) is 22.5 Å². The monoisotopic (exact) mass is 336 g/mol. The summed E-state index contributed by atoms with van der Waals surface area (Å²) in [4.78, 5) is 11.6. The molecule has 0 spiro atoms. The van der Waals surface area contributed by atoms with Crippen molar-refractivity contribution in [3.05, 3.63) is 53.8 Å². The maximum atomic E-state index is 11.6. The lowest BCUT2D eigenvalue weighted by Crippen LogP contribution is -1.98. The quantitative estimate of drug-likeness (QED) is 0.580. The predicted octanol–water partition coefficient (Wildman–Crippen LogP) is 3.39. The van der Waals surface area contributed by atoms with Crippen molar-refractivity contribution in [1.82, 2.24) is 19.8 Å². The van der Waals surface area contributed by atoms with Gasteiger partial charge in [0.1, 0.15) is 5.76 Å². The van der Waals surface area contributed by atoms with Crippen molar-refractivity contribution < 1.29 is 13.9 Å². The van der Waals surface area contributed by atoms with Gasteiger partial charge in [0.25, 0.3) is 0 Å². The first-order valence-corrected chi connectivity index (χ1v) is 7.76. The van der Waals surface area contributed by atoms with Crippen LogP contribution in [0.4, 0.5) is 0 Å². The smallest absolute Gasteiger partial charge is 0.373 e. The van der Waals surface area contributed by atoms with Crippen molar-refractivity contribution in [2.45, 2.75) is 13.8 Å². The van der Waals surface area contributed by atoms with Crippen LogP contribution < -0.4 is 0 Å². The van der Waals surface area contributed by atoms with Crippen LogP contribution in [0.5, 0.6) is 0 Å². The highest BCUT2D eigenvalue weighted by atomic mass is 16.5. The van der Waals surface area contributed by atoms with Crippen LogP contribution in [0.1, 0.15) is 21.9 Å². The minimum atomic E-state index is -0.498. The fraction of sp³-hybridized carbons (Fsp3) is 0.167. The second-order valence-corrected chi connectivity index (χ2v) is 5.77. The van der Waals surface area contributed by atoms with Gasteiger partial charge in [-0.15, -0.1) is 0 Å². The van der Waals surface area contributed by atoms with Crippen molar-refractivity contribution >= 4 is 11.5 Å². The summed E-state index contributed by atoms with van der Waals surface area (Å²) in [5.41, 5.74) is 5.73. The number of pyridine rings is 1. The summed E-state index contributed by atoms with van der Waals surface area (Å²) < 4.78 is 12.1. The Bertz CT molecular complexity index is 1070. The Balaban J connectivity index is 1.84. The number of nitrogens with zero attached hydrogens (tertiary/aromatic N) is 3. The van der Waals surface area contributed by atoms with E-state index in [2.05, 4.69) is 20.0 Å². The third kappa shape index (κ3) is 2.40. The molecule has 4 aromatic rings. The summed E-state index contributed by atoms with van der Waals surface area (Å²) in [6.07, 6.45) is 3.69. The first kappa shape index (κ1) is 15.2. The van der Waals surface area contributed by atoms with Gasteiger partial charge >= 0.3 is 5.97 Å². The average Bonchev–Trinajstić information content (AvgIpc) is 3.33. The van der Waals surface area contributed by atoms with E-state index in [1.807, 2.05) is 38.4 Å². The summed E-state index contributed by atoms with van der Waals surface area (Å²) in [6.45, 7) is 3.94. The van der Waals surface area contributed by atoms with E-state index in [1.165, 1.54) is 7.11 Å². The number of hydrogen-bond acceptors (Lipinski definition) is 5. The van der Waals surface area contributed by atoms with Crippen LogP contribution >= 0.6 is 0 Å². The van der Waals surface area contributed by atoms with Gasteiger partial charge in [0.15, 0.2) is 0 Å². The molecule has 25 heavy (non-hydrogen) atoms. The lowest BCUT2D eigenvalue weighted by molar-refractivity contribution is 0.0566. The van der Waals surface area contributed by atoms with Crippen molar-refractivity contribution in [2.24, 2.45) is 0 Å². The molecular weight excluding hydrogens is 320 g/mol. The highest BCUT2D eigenvalue weighted by Crippen LogP contribution is 2.32. The predicted molar refractivity (Wildman–Crippen MR) is 91.3 cm³/mol. The first-order chi connectivity index (χ1) is 12.1. The summed E-state index contributed by atoms with van der Waals surface area (Å²) in [5, 5.41) is 11.7. The number of furan rings is 1. The number of aromatic nitrogens is 4. The number of aromatic amines is 1. The molecule has 4 heterocycles. The van der Waals surface area contributed by atoms with Crippen LogP contribution in [-0.2, 0) is 4.74 Å². The number of aryl methyl sites for hydroxylation is 2. The molecule has 0 bridgehead atoms. The number of methoxy groups -OCH3 is 1. The molecule has 0 aliphatic carbocycles. The van der Waals surface area contributed by atoms with E-state index in [-0.39, 0.29) is 5.76 Å². The number of ether oxygens (including phenoxy) is 1. The van der Waals surface area contributed by atoms with Crippen LogP contribution in [0.3, 0.4) is 0 Å². The molecule has 7 nitrogen and oxygen atoms in total. The Morgan fingerprint density at radius 3 is 2.84 bits per heavy atom. The van der Waals surface area contributed by atoms with Gasteiger partial charge in [-0.3, -0.25) is 5.10 Å². The summed E-state index contributed by atoms with van der Waals surface area (Å²) in [5.74, 6) is 0.269. The zero-order valence-electron chi connectivity index (χ0n) is 14.0. The SMILES string of the molecule is COC(=O)c1ccc(-c2ccn3ncc(-c4c(C)n[nH]c4C)c3c2)o1. The van der Waals surface area contributed by atoms with E-state index in [0.29, 0.717) is 5.76 Å².